The maximum absolute atomic E-state index is 13.2. The van der Waals surface area contributed by atoms with Crippen LogP contribution in [0.1, 0.15) is 4.88 Å². The van der Waals surface area contributed by atoms with E-state index >= 15 is 0 Å². The Morgan fingerprint density at radius 1 is 1.32 bits per heavy atom. The first-order valence-electron chi connectivity index (χ1n) is 5.18. The van der Waals surface area contributed by atoms with E-state index in [2.05, 4.69) is 4.72 Å². The third kappa shape index (κ3) is 3.24. The number of thiophene rings is 1. The smallest absolute Gasteiger partial charge is 0.243 e. The highest BCUT2D eigenvalue weighted by atomic mass is 35.5. The van der Waals surface area contributed by atoms with Crippen molar-refractivity contribution in [3.8, 4) is 0 Å². The molecule has 0 aliphatic rings. The van der Waals surface area contributed by atoms with Gasteiger partial charge in [-0.05, 0) is 24.3 Å². The number of anilines is 1. The van der Waals surface area contributed by atoms with Crippen LogP contribution in [0.25, 0.3) is 0 Å². The molecule has 1 heterocycles. The van der Waals surface area contributed by atoms with Crippen LogP contribution in [0.4, 0.5) is 10.1 Å². The van der Waals surface area contributed by atoms with E-state index in [0.717, 1.165) is 10.9 Å². The number of hydrogen-bond donors (Lipinski definition) is 2. The van der Waals surface area contributed by atoms with Crippen molar-refractivity contribution in [2.45, 2.75) is 11.4 Å². The number of sulfonamides is 1. The monoisotopic (exact) mass is 320 g/mol. The number of nitrogens with two attached hydrogens (primary N) is 1. The fourth-order valence-corrected chi connectivity index (χ4v) is 3.71. The molecule has 0 aliphatic carbocycles. The molecule has 0 unspecified atom stereocenters. The van der Waals surface area contributed by atoms with Gasteiger partial charge in [0.15, 0.2) is 0 Å². The normalized spacial score (nSPS) is 11.7. The summed E-state index contributed by atoms with van der Waals surface area (Å²) in [5.41, 5.74) is 5.04. The van der Waals surface area contributed by atoms with Crippen molar-refractivity contribution in [1.29, 1.82) is 0 Å². The van der Waals surface area contributed by atoms with Crippen LogP contribution in [0.3, 0.4) is 0 Å². The van der Waals surface area contributed by atoms with Crippen LogP contribution >= 0.6 is 22.9 Å². The number of para-hydroxylation sites is 1. The largest absolute Gasteiger partial charge is 0.395 e. The molecule has 2 rings (SSSR count). The minimum absolute atomic E-state index is 0.0790. The van der Waals surface area contributed by atoms with Crippen LogP contribution in [0, 0.1) is 5.82 Å². The quantitative estimate of drug-likeness (QED) is 0.851. The summed E-state index contributed by atoms with van der Waals surface area (Å²) in [7, 11) is -3.85. The molecule has 0 radical (unpaired) electrons. The van der Waals surface area contributed by atoms with Crippen molar-refractivity contribution in [2.75, 3.05) is 5.73 Å². The van der Waals surface area contributed by atoms with Crippen molar-refractivity contribution in [3.05, 3.63) is 45.4 Å². The maximum Gasteiger partial charge on any atom is 0.243 e. The average Bonchev–Trinajstić information content (AvgIpc) is 2.76. The average molecular weight is 321 g/mol. The molecule has 0 bridgehead atoms. The van der Waals surface area contributed by atoms with E-state index in [1.54, 1.807) is 12.1 Å². The molecule has 1 aromatic heterocycles. The zero-order valence-corrected chi connectivity index (χ0v) is 11.9. The van der Waals surface area contributed by atoms with Crippen molar-refractivity contribution >= 4 is 38.6 Å². The summed E-state index contributed by atoms with van der Waals surface area (Å²) in [6.07, 6.45) is 0. The molecule has 2 aromatic rings. The van der Waals surface area contributed by atoms with Crippen LogP contribution in [-0.2, 0) is 16.6 Å². The molecule has 0 atom stereocenters. The highest BCUT2D eigenvalue weighted by Crippen LogP contribution is 2.23. The predicted molar refractivity (Wildman–Crippen MR) is 74.2 cm³/mol. The van der Waals surface area contributed by atoms with E-state index < -0.39 is 15.8 Å². The van der Waals surface area contributed by atoms with Crippen molar-refractivity contribution in [3.63, 3.8) is 0 Å². The predicted octanol–water partition coefficient (Wildman–Crippen LogP) is 2.60. The number of nitrogen functional groups attached to an aromatic ring is 1. The first-order valence-corrected chi connectivity index (χ1v) is 7.86. The zero-order valence-electron chi connectivity index (χ0n) is 9.56. The molecular weight excluding hydrogens is 311 g/mol. The van der Waals surface area contributed by atoms with E-state index in [1.807, 2.05) is 0 Å². The van der Waals surface area contributed by atoms with Gasteiger partial charge in [-0.2, -0.15) is 0 Å². The fourth-order valence-electron chi connectivity index (χ4n) is 1.44. The van der Waals surface area contributed by atoms with Crippen molar-refractivity contribution < 1.29 is 12.8 Å². The van der Waals surface area contributed by atoms with E-state index in [9.17, 15) is 12.8 Å². The number of benzene rings is 1. The Labute approximate surface area is 119 Å². The molecule has 4 nitrogen and oxygen atoms in total. The lowest BCUT2D eigenvalue weighted by molar-refractivity contribution is 0.579. The van der Waals surface area contributed by atoms with Crippen LogP contribution in [0.2, 0.25) is 4.34 Å². The third-order valence-corrected chi connectivity index (χ3v) is 5.06. The second-order valence-electron chi connectivity index (χ2n) is 3.68. The summed E-state index contributed by atoms with van der Waals surface area (Å²) in [6.45, 7) is 0.0790. The van der Waals surface area contributed by atoms with Crippen LogP contribution < -0.4 is 10.5 Å². The summed E-state index contributed by atoms with van der Waals surface area (Å²) in [5.74, 6) is -0.762. The van der Waals surface area contributed by atoms with Crippen LogP contribution in [-0.4, -0.2) is 8.42 Å². The molecule has 0 amide bonds. The Bertz CT molecular complexity index is 700. The zero-order chi connectivity index (χ0) is 14.0. The Kier molecular flexibility index (Phi) is 4.10. The molecule has 3 N–H and O–H groups in total. The summed E-state index contributed by atoms with van der Waals surface area (Å²) in [6, 6.07) is 7.04. The van der Waals surface area contributed by atoms with Crippen LogP contribution in [0.15, 0.2) is 35.2 Å². The fraction of sp³-hybridized carbons (Fsp3) is 0.0909. The molecule has 102 valence electrons. The molecule has 0 saturated heterocycles. The standard InChI is InChI=1S/C11H10ClFN2O2S2/c12-10-5-4-7(18-10)6-15-19(16,17)9-3-1-2-8(13)11(9)14/h1-5,15H,6,14H2. The Balaban J connectivity index is 2.21. The molecular formula is C11H10ClFN2O2S2. The molecule has 19 heavy (non-hydrogen) atoms. The lowest BCUT2D eigenvalue weighted by Gasteiger charge is -2.08. The van der Waals surface area contributed by atoms with E-state index in [0.29, 0.717) is 4.34 Å². The Morgan fingerprint density at radius 2 is 2.05 bits per heavy atom. The Morgan fingerprint density at radius 3 is 2.68 bits per heavy atom. The van der Waals surface area contributed by atoms with E-state index in [-0.39, 0.29) is 17.1 Å². The molecule has 1 aromatic carbocycles. The van der Waals surface area contributed by atoms with Gasteiger partial charge >= 0.3 is 0 Å². The van der Waals surface area contributed by atoms with Gasteiger partial charge in [0.1, 0.15) is 10.7 Å². The van der Waals surface area contributed by atoms with E-state index in [1.165, 1.54) is 23.5 Å². The highest BCUT2D eigenvalue weighted by molar-refractivity contribution is 7.89. The van der Waals surface area contributed by atoms with Gasteiger partial charge in [0, 0.05) is 11.4 Å². The third-order valence-electron chi connectivity index (χ3n) is 2.37. The number of nitrogens with one attached hydrogen (secondary N) is 1. The maximum atomic E-state index is 13.2. The van der Waals surface area contributed by atoms with Crippen molar-refractivity contribution in [1.82, 2.24) is 4.72 Å². The summed E-state index contributed by atoms with van der Waals surface area (Å²) in [5, 5.41) is 0. The number of hydrogen-bond acceptors (Lipinski definition) is 4. The lowest BCUT2D eigenvalue weighted by Crippen LogP contribution is -2.24. The molecule has 8 heteroatoms. The SMILES string of the molecule is Nc1c(F)cccc1S(=O)(=O)NCc1ccc(Cl)s1. The Hall–Kier alpha value is -1.15. The summed E-state index contributed by atoms with van der Waals surface area (Å²) in [4.78, 5) is 0.485. The number of rotatable bonds is 4. The van der Waals surface area contributed by atoms with E-state index in [4.69, 9.17) is 17.3 Å². The molecule has 0 fully saturated rings. The lowest BCUT2D eigenvalue weighted by atomic mass is 10.3. The van der Waals surface area contributed by atoms with Gasteiger partial charge in [0.2, 0.25) is 10.0 Å². The summed E-state index contributed by atoms with van der Waals surface area (Å²) < 4.78 is 40.2. The van der Waals surface area contributed by atoms with Crippen molar-refractivity contribution in [2.24, 2.45) is 0 Å². The van der Waals surface area contributed by atoms with Gasteiger partial charge in [0.05, 0.1) is 10.0 Å². The molecule has 0 aliphatic heterocycles. The minimum atomic E-state index is -3.85. The highest BCUT2D eigenvalue weighted by Gasteiger charge is 2.19. The molecule has 0 spiro atoms. The van der Waals surface area contributed by atoms with Gasteiger partial charge in [-0.25, -0.2) is 17.5 Å². The summed E-state index contributed by atoms with van der Waals surface area (Å²) >= 11 is 7.01. The topological polar surface area (TPSA) is 72.2 Å². The minimum Gasteiger partial charge on any atom is -0.395 e. The first kappa shape index (κ1) is 14.3. The van der Waals surface area contributed by atoms with Crippen LogP contribution in [0.5, 0.6) is 0 Å². The van der Waals surface area contributed by atoms with Gasteiger partial charge < -0.3 is 5.73 Å². The van der Waals surface area contributed by atoms with Gasteiger partial charge in [-0.1, -0.05) is 17.7 Å². The van der Waals surface area contributed by atoms with Gasteiger partial charge in [0.25, 0.3) is 0 Å². The molecule has 0 saturated carbocycles. The first-order chi connectivity index (χ1) is 8.90. The second kappa shape index (κ2) is 5.46. The van der Waals surface area contributed by atoms with Gasteiger partial charge in [-0.15, -0.1) is 11.3 Å². The van der Waals surface area contributed by atoms with Gasteiger partial charge in [-0.3, -0.25) is 0 Å². The second-order valence-corrected chi connectivity index (χ2v) is 7.22. The number of halogens is 2.